The molecule has 5 nitrogen and oxygen atoms in total. The first-order valence-electron chi connectivity index (χ1n) is 12.7. The van der Waals surface area contributed by atoms with Gasteiger partial charge in [0.2, 0.25) is 5.79 Å². The molecule has 5 rings (SSSR count). The van der Waals surface area contributed by atoms with Crippen LogP contribution in [0.4, 0.5) is 0 Å². The van der Waals surface area contributed by atoms with E-state index in [1.165, 1.54) is 31.3 Å². The molecule has 3 N–H and O–H groups in total. The molecule has 0 amide bonds. The first kappa shape index (κ1) is 22.8. The minimum atomic E-state index is -1.07. The number of aliphatic hydroxyl groups is 3. The smallest absolute Gasteiger partial charge is 0.204 e. The maximum Gasteiger partial charge on any atom is 0.204 e. The van der Waals surface area contributed by atoms with Gasteiger partial charge in [0.25, 0.3) is 0 Å². The zero-order valence-electron chi connectivity index (χ0n) is 19.6. The van der Waals surface area contributed by atoms with Crippen molar-refractivity contribution in [3.63, 3.8) is 0 Å². The van der Waals surface area contributed by atoms with Crippen molar-refractivity contribution in [2.24, 2.45) is 29.1 Å². The van der Waals surface area contributed by atoms with Crippen LogP contribution < -0.4 is 0 Å². The van der Waals surface area contributed by atoms with Crippen molar-refractivity contribution < 1.29 is 25.1 Å². The zero-order valence-corrected chi connectivity index (χ0v) is 19.6. The standard InChI is InChI=1S/C27H40O5/c1-16-19(13-21(28)14-24(16)29)7-6-18-5-4-12-26(3)22(10-11-23(18)26)17(2)25-15-27(30,32-31-25)20-8-9-20/h6-7,17,20-25,28-30H,1,4-5,8-15H2,2-3H3/t17-,21+,22+,23?,24-,25?,26+,27?/m0/s1. The second-order valence-corrected chi connectivity index (χ2v) is 11.6. The van der Waals surface area contributed by atoms with Crippen LogP contribution in [0.2, 0.25) is 0 Å². The quantitative estimate of drug-likeness (QED) is 0.553. The Morgan fingerprint density at radius 3 is 2.69 bits per heavy atom. The lowest BCUT2D eigenvalue weighted by Crippen LogP contribution is -2.39. The summed E-state index contributed by atoms with van der Waals surface area (Å²) in [5.41, 5.74) is 3.47. The lowest BCUT2D eigenvalue weighted by molar-refractivity contribution is -0.388. The maximum absolute atomic E-state index is 10.8. The van der Waals surface area contributed by atoms with Gasteiger partial charge in [-0.15, -0.1) is 0 Å². The Bertz CT molecular complexity index is 813. The Balaban J connectivity index is 1.31. The lowest BCUT2D eigenvalue weighted by Gasteiger charge is -2.45. The summed E-state index contributed by atoms with van der Waals surface area (Å²) in [4.78, 5) is 11.2. The molecule has 4 aliphatic carbocycles. The summed E-state index contributed by atoms with van der Waals surface area (Å²) in [6.45, 7) is 8.81. The molecule has 0 spiro atoms. The molecule has 1 aliphatic heterocycles. The molecule has 5 heteroatoms. The van der Waals surface area contributed by atoms with Crippen LogP contribution in [0.5, 0.6) is 0 Å². The summed E-state index contributed by atoms with van der Waals surface area (Å²) < 4.78 is 0. The molecule has 178 valence electrons. The molecule has 1 heterocycles. The number of hydrogen-bond donors (Lipinski definition) is 3. The lowest BCUT2D eigenvalue weighted by atomic mass is 9.60. The summed E-state index contributed by atoms with van der Waals surface area (Å²) in [5, 5.41) is 31.0. The molecular formula is C27H40O5. The van der Waals surface area contributed by atoms with Gasteiger partial charge < -0.3 is 15.3 Å². The van der Waals surface area contributed by atoms with Gasteiger partial charge in [-0.3, -0.25) is 0 Å². The summed E-state index contributed by atoms with van der Waals surface area (Å²) in [5.74, 6) is 0.623. The molecule has 0 bridgehead atoms. The van der Waals surface area contributed by atoms with E-state index >= 15 is 0 Å². The van der Waals surface area contributed by atoms with E-state index in [0.29, 0.717) is 37.0 Å². The van der Waals surface area contributed by atoms with Crippen LogP contribution in [-0.2, 0) is 9.78 Å². The summed E-state index contributed by atoms with van der Waals surface area (Å²) in [7, 11) is 0. The average Bonchev–Trinajstić information content (AvgIpc) is 3.45. The highest BCUT2D eigenvalue weighted by atomic mass is 17.2. The fraction of sp³-hybridized carbons (Fsp3) is 0.778. The molecular weight excluding hydrogens is 404 g/mol. The highest BCUT2D eigenvalue weighted by Gasteiger charge is 2.57. The van der Waals surface area contributed by atoms with Crippen LogP contribution in [0.15, 0.2) is 35.5 Å². The van der Waals surface area contributed by atoms with Gasteiger partial charge in [0.15, 0.2) is 0 Å². The predicted molar refractivity (Wildman–Crippen MR) is 122 cm³/mol. The molecule has 1 saturated heterocycles. The van der Waals surface area contributed by atoms with Gasteiger partial charge in [-0.1, -0.05) is 38.2 Å². The molecule has 0 aromatic carbocycles. The topological polar surface area (TPSA) is 79.2 Å². The van der Waals surface area contributed by atoms with E-state index in [2.05, 4.69) is 32.6 Å². The Labute approximate surface area is 192 Å². The van der Waals surface area contributed by atoms with Crippen LogP contribution >= 0.6 is 0 Å². The number of hydrogen-bond acceptors (Lipinski definition) is 5. The highest BCUT2D eigenvalue weighted by Crippen LogP contribution is 2.61. The van der Waals surface area contributed by atoms with E-state index in [1.54, 1.807) is 0 Å². The van der Waals surface area contributed by atoms with Gasteiger partial charge in [0, 0.05) is 18.8 Å². The number of rotatable bonds is 4. The fourth-order valence-electron chi connectivity index (χ4n) is 7.41. The van der Waals surface area contributed by atoms with Crippen LogP contribution in [0, 0.1) is 29.1 Å². The largest absolute Gasteiger partial charge is 0.393 e. The maximum atomic E-state index is 10.8. The van der Waals surface area contributed by atoms with Crippen molar-refractivity contribution in [1.29, 1.82) is 0 Å². The Morgan fingerprint density at radius 1 is 1.16 bits per heavy atom. The summed E-state index contributed by atoms with van der Waals surface area (Å²) in [6.07, 6.45) is 12.7. The van der Waals surface area contributed by atoms with Gasteiger partial charge in [0.05, 0.1) is 12.2 Å². The van der Waals surface area contributed by atoms with Crippen molar-refractivity contribution in [2.75, 3.05) is 0 Å². The van der Waals surface area contributed by atoms with Crippen LogP contribution in [0.3, 0.4) is 0 Å². The van der Waals surface area contributed by atoms with Crippen LogP contribution in [-0.4, -0.2) is 39.4 Å². The molecule has 0 radical (unpaired) electrons. The third kappa shape index (κ3) is 3.94. The van der Waals surface area contributed by atoms with Gasteiger partial charge in [0.1, 0.15) is 6.10 Å². The van der Waals surface area contributed by atoms with Crippen LogP contribution in [0.1, 0.15) is 78.1 Å². The van der Waals surface area contributed by atoms with Crippen molar-refractivity contribution in [3.8, 4) is 0 Å². The number of fused-ring (bicyclic) bond motifs is 1. The molecule has 5 fully saturated rings. The Hall–Kier alpha value is -0.980. The highest BCUT2D eigenvalue weighted by molar-refractivity contribution is 5.38. The van der Waals surface area contributed by atoms with E-state index in [-0.39, 0.29) is 17.4 Å². The fourth-order valence-corrected chi connectivity index (χ4v) is 7.41. The van der Waals surface area contributed by atoms with E-state index in [0.717, 1.165) is 30.4 Å². The van der Waals surface area contributed by atoms with Crippen molar-refractivity contribution >= 4 is 0 Å². The number of allylic oxidation sites excluding steroid dienone is 3. The normalized spacial score (nSPS) is 48.4. The third-order valence-electron chi connectivity index (χ3n) is 9.55. The Kier molecular flexibility index (Phi) is 5.95. The van der Waals surface area contributed by atoms with Gasteiger partial charge >= 0.3 is 0 Å². The summed E-state index contributed by atoms with van der Waals surface area (Å²) in [6, 6.07) is 0. The van der Waals surface area contributed by atoms with E-state index in [4.69, 9.17) is 9.78 Å². The second kappa shape index (κ2) is 8.35. The minimum Gasteiger partial charge on any atom is -0.393 e. The number of aliphatic hydroxyl groups excluding tert-OH is 2. The van der Waals surface area contributed by atoms with Crippen LogP contribution in [0.25, 0.3) is 0 Å². The molecule has 0 aromatic heterocycles. The monoisotopic (exact) mass is 444 g/mol. The van der Waals surface area contributed by atoms with Gasteiger partial charge in [-0.2, -0.15) is 0 Å². The van der Waals surface area contributed by atoms with E-state index in [1.807, 2.05) is 0 Å². The van der Waals surface area contributed by atoms with E-state index in [9.17, 15) is 15.3 Å². The first-order valence-corrected chi connectivity index (χ1v) is 12.7. The second-order valence-electron chi connectivity index (χ2n) is 11.6. The molecule has 4 saturated carbocycles. The van der Waals surface area contributed by atoms with Gasteiger partial charge in [-0.25, -0.2) is 9.78 Å². The minimum absolute atomic E-state index is 0.0359. The molecule has 32 heavy (non-hydrogen) atoms. The molecule has 3 unspecified atom stereocenters. The predicted octanol–water partition coefficient (Wildman–Crippen LogP) is 4.58. The van der Waals surface area contributed by atoms with Crippen molar-refractivity contribution in [1.82, 2.24) is 0 Å². The average molecular weight is 445 g/mol. The molecule has 0 aromatic rings. The molecule has 8 atom stereocenters. The third-order valence-corrected chi connectivity index (χ3v) is 9.55. The zero-order chi connectivity index (χ0) is 22.7. The summed E-state index contributed by atoms with van der Waals surface area (Å²) >= 11 is 0. The van der Waals surface area contributed by atoms with Crippen molar-refractivity contribution in [3.05, 3.63) is 35.5 Å². The van der Waals surface area contributed by atoms with Crippen molar-refractivity contribution in [2.45, 2.75) is 102 Å². The van der Waals surface area contributed by atoms with Gasteiger partial charge in [-0.05, 0) is 85.7 Å². The Morgan fingerprint density at radius 2 is 1.94 bits per heavy atom. The first-order chi connectivity index (χ1) is 15.2. The SMILES string of the molecule is C=C1C(=CC=C2CCC[C@@]3(C)C2CC[C@@H]3[C@H](C)C2CC(O)(C3CC3)OO2)C[C@@H](O)C[C@@H]1O. The van der Waals surface area contributed by atoms with E-state index < -0.39 is 18.0 Å². The molecule has 5 aliphatic rings.